The molecule has 0 heterocycles. The zero-order valence-electron chi connectivity index (χ0n) is 9.17. The molecule has 0 aliphatic heterocycles. The van der Waals surface area contributed by atoms with Gasteiger partial charge in [0.05, 0.1) is 7.11 Å². The minimum Gasteiger partial charge on any atom is -0.469 e. The van der Waals surface area contributed by atoms with E-state index in [4.69, 9.17) is 0 Å². The van der Waals surface area contributed by atoms with Gasteiger partial charge in [-0.05, 0) is 44.4 Å². The molecule has 0 aromatic carbocycles. The molecule has 0 aliphatic rings. The second-order valence-corrected chi connectivity index (χ2v) is 4.12. The lowest BCUT2D eigenvalue weighted by Gasteiger charge is -2.03. The number of ether oxygens (including phenoxy) is 1. The molecule has 0 unspecified atom stereocenters. The van der Waals surface area contributed by atoms with E-state index in [0.717, 1.165) is 19.5 Å². The molecule has 0 aromatic heterocycles. The SMILES string of the molecule is COC(=O)CCCNCCCCSC. The molecule has 0 aromatic rings. The van der Waals surface area contributed by atoms with E-state index >= 15 is 0 Å². The summed E-state index contributed by atoms with van der Waals surface area (Å²) >= 11 is 1.89. The summed E-state index contributed by atoms with van der Waals surface area (Å²) in [5.41, 5.74) is 0. The third kappa shape index (κ3) is 9.86. The highest BCUT2D eigenvalue weighted by molar-refractivity contribution is 7.98. The Kier molecular flexibility index (Phi) is 10.7. The predicted molar refractivity (Wildman–Crippen MR) is 61.7 cm³/mol. The van der Waals surface area contributed by atoms with Gasteiger partial charge >= 0.3 is 5.97 Å². The lowest BCUT2D eigenvalue weighted by atomic mass is 10.3. The summed E-state index contributed by atoms with van der Waals surface area (Å²) in [5.74, 6) is 1.12. The first-order chi connectivity index (χ1) is 6.81. The van der Waals surface area contributed by atoms with Crippen LogP contribution in [0.4, 0.5) is 0 Å². The fourth-order valence-electron chi connectivity index (χ4n) is 1.08. The molecular weight excluding hydrogens is 198 g/mol. The van der Waals surface area contributed by atoms with Crippen LogP contribution in [0.5, 0.6) is 0 Å². The van der Waals surface area contributed by atoms with E-state index in [2.05, 4.69) is 16.3 Å². The van der Waals surface area contributed by atoms with Gasteiger partial charge in [-0.15, -0.1) is 0 Å². The second-order valence-electron chi connectivity index (χ2n) is 3.13. The Morgan fingerprint density at radius 1 is 1.29 bits per heavy atom. The molecule has 1 N–H and O–H groups in total. The van der Waals surface area contributed by atoms with Crippen LogP contribution >= 0.6 is 11.8 Å². The van der Waals surface area contributed by atoms with E-state index in [1.54, 1.807) is 0 Å². The lowest BCUT2D eigenvalue weighted by molar-refractivity contribution is -0.140. The Balaban J connectivity index is 2.95. The number of carbonyl (C=O) groups excluding carboxylic acids is 1. The Morgan fingerprint density at radius 2 is 2.00 bits per heavy atom. The molecule has 0 bridgehead atoms. The molecule has 0 amide bonds. The predicted octanol–water partition coefficient (Wildman–Crippen LogP) is 1.67. The summed E-state index contributed by atoms with van der Waals surface area (Å²) in [6.45, 7) is 1.97. The second kappa shape index (κ2) is 10.9. The number of esters is 1. The monoisotopic (exact) mass is 219 g/mol. The van der Waals surface area contributed by atoms with Gasteiger partial charge in [0, 0.05) is 6.42 Å². The first-order valence-corrected chi connectivity index (χ1v) is 6.47. The summed E-state index contributed by atoms with van der Waals surface area (Å²) < 4.78 is 4.54. The summed E-state index contributed by atoms with van der Waals surface area (Å²) in [7, 11) is 1.43. The Morgan fingerprint density at radius 3 is 2.64 bits per heavy atom. The largest absolute Gasteiger partial charge is 0.469 e. The quantitative estimate of drug-likeness (QED) is 0.473. The fourth-order valence-corrected chi connectivity index (χ4v) is 1.57. The van der Waals surface area contributed by atoms with Crippen LogP contribution in [0.1, 0.15) is 25.7 Å². The maximum atomic E-state index is 10.7. The smallest absolute Gasteiger partial charge is 0.305 e. The molecule has 0 fully saturated rings. The van der Waals surface area contributed by atoms with Gasteiger partial charge in [0.15, 0.2) is 0 Å². The third-order valence-corrected chi connectivity index (χ3v) is 2.61. The fraction of sp³-hybridized carbons (Fsp3) is 0.900. The van der Waals surface area contributed by atoms with Crippen molar-refractivity contribution in [2.24, 2.45) is 0 Å². The highest BCUT2D eigenvalue weighted by Crippen LogP contribution is 1.97. The highest BCUT2D eigenvalue weighted by atomic mass is 32.2. The van der Waals surface area contributed by atoms with Crippen molar-refractivity contribution in [3.05, 3.63) is 0 Å². The number of carbonyl (C=O) groups is 1. The molecule has 0 spiro atoms. The van der Waals surface area contributed by atoms with Crippen molar-refractivity contribution >= 4 is 17.7 Å². The number of nitrogens with one attached hydrogen (secondary N) is 1. The molecule has 0 radical (unpaired) electrons. The summed E-state index contributed by atoms with van der Waals surface area (Å²) in [6.07, 6.45) is 6.01. The average molecular weight is 219 g/mol. The summed E-state index contributed by atoms with van der Waals surface area (Å²) in [4.78, 5) is 10.7. The molecule has 0 rings (SSSR count). The first-order valence-electron chi connectivity index (χ1n) is 5.07. The molecular formula is C10H21NO2S. The molecule has 84 valence electrons. The first kappa shape index (κ1) is 13.8. The molecule has 0 saturated carbocycles. The van der Waals surface area contributed by atoms with Gasteiger partial charge in [0.2, 0.25) is 0 Å². The number of thioether (sulfide) groups is 1. The highest BCUT2D eigenvalue weighted by Gasteiger charge is 1.98. The standard InChI is InChI=1S/C10H21NO2S/c1-13-10(12)6-5-8-11-7-3-4-9-14-2/h11H,3-9H2,1-2H3. The van der Waals surface area contributed by atoms with Crippen molar-refractivity contribution in [2.45, 2.75) is 25.7 Å². The van der Waals surface area contributed by atoms with E-state index in [1.807, 2.05) is 11.8 Å². The average Bonchev–Trinajstić information content (AvgIpc) is 2.21. The van der Waals surface area contributed by atoms with Crippen molar-refractivity contribution in [3.8, 4) is 0 Å². The number of hydrogen-bond donors (Lipinski definition) is 1. The van der Waals surface area contributed by atoms with Crippen LogP contribution in [0.25, 0.3) is 0 Å². The van der Waals surface area contributed by atoms with E-state index < -0.39 is 0 Å². The van der Waals surface area contributed by atoms with Gasteiger partial charge in [-0.25, -0.2) is 0 Å². The molecule has 14 heavy (non-hydrogen) atoms. The van der Waals surface area contributed by atoms with Crippen molar-refractivity contribution < 1.29 is 9.53 Å². The minimum absolute atomic E-state index is 0.116. The molecule has 0 saturated heterocycles. The lowest BCUT2D eigenvalue weighted by Crippen LogP contribution is -2.17. The molecule has 0 atom stereocenters. The van der Waals surface area contributed by atoms with Crippen molar-refractivity contribution in [1.29, 1.82) is 0 Å². The van der Waals surface area contributed by atoms with Crippen molar-refractivity contribution in [1.82, 2.24) is 5.32 Å². The van der Waals surface area contributed by atoms with Crippen LogP contribution < -0.4 is 5.32 Å². The topological polar surface area (TPSA) is 38.3 Å². The third-order valence-electron chi connectivity index (χ3n) is 1.91. The van der Waals surface area contributed by atoms with E-state index in [9.17, 15) is 4.79 Å². The van der Waals surface area contributed by atoms with Crippen LogP contribution in [0.3, 0.4) is 0 Å². The normalized spacial score (nSPS) is 10.1. The van der Waals surface area contributed by atoms with E-state index in [-0.39, 0.29) is 5.97 Å². The van der Waals surface area contributed by atoms with Gasteiger partial charge in [-0.1, -0.05) is 0 Å². The van der Waals surface area contributed by atoms with Crippen LogP contribution in [0.15, 0.2) is 0 Å². The van der Waals surface area contributed by atoms with Crippen LogP contribution in [-0.2, 0) is 9.53 Å². The molecule has 0 aliphatic carbocycles. The van der Waals surface area contributed by atoms with Crippen molar-refractivity contribution in [3.63, 3.8) is 0 Å². The molecule has 4 heteroatoms. The maximum Gasteiger partial charge on any atom is 0.305 e. The maximum absolute atomic E-state index is 10.7. The Bertz CT molecular complexity index is 142. The summed E-state index contributed by atoms with van der Waals surface area (Å²) in [6, 6.07) is 0. The van der Waals surface area contributed by atoms with E-state index in [1.165, 1.54) is 25.7 Å². The number of methoxy groups -OCH3 is 1. The van der Waals surface area contributed by atoms with Gasteiger partial charge < -0.3 is 10.1 Å². The van der Waals surface area contributed by atoms with Gasteiger partial charge in [0.25, 0.3) is 0 Å². The number of hydrogen-bond acceptors (Lipinski definition) is 4. The zero-order chi connectivity index (χ0) is 10.6. The van der Waals surface area contributed by atoms with E-state index in [0.29, 0.717) is 6.42 Å². The van der Waals surface area contributed by atoms with Crippen molar-refractivity contribution in [2.75, 3.05) is 32.2 Å². The Hall–Kier alpha value is -0.220. The van der Waals surface area contributed by atoms with Crippen LogP contribution in [0, 0.1) is 0 Å². The minimum atomic E-state index is -0.116. The van der Waals surface area contributed by atoms with Gasteiger partial charge in [0.1, 0.15) is 0 Å². The Labute approximate surface area is 91.0 Å². The summed E-state index contributed by atoms with van der Waals surface area (Å²) in [5, 5.41) is 3.31. The number of rotatable bonds is 9. The molecule has 3 nitrogen and oxygen atoms in total. The van der Waals surface area contributed by atoms with Gasteiger partial charge in [-0.2, -0.15) is 11.8 Å². The number of unbranched alkanes of at least 4 members (excludes halogenated alkanes) is 1. The van der Waals surface area contributed by atoms with Crippen LogP contribution in [-0.4, -0.2) is 38.2 Å². The van der Waals surface area contributed by atoms with Crippen LogP contribution in [0.2, 0.25) is 0 Å². The van der Waals surface area contributed by atoms with Gasteiger partial charge in [-0.3, -0.25) is 4.79 Å². The zero-order valence-corrected chi connectivity index (χ0v) is 9.99.